The molecular weight excluding hydrogens is 133 g/mol. The van der Waals surface area contributed by atoms with Crippen LogP contribution < -0.4 is 5.73 Å². The Kier molecular flexibility index (Phi) is 3.99. The number of rotatable bonds is 3. The highest BCUT2D eigenvalue weighted by Gasteiger charge is 2.20. The van der Waals surface area contributed by atoms with Crippen molar-refractivity contribution in [2.24, 2.45) is 11.7 Å². The lowest BCUT2D eigenvalue weighted by atomic mass is 9.81. The minimum atomic E-state index is 0.468. The molecule has 0 heterocycles. The maximum absolute atomic E-state index is 5.98. The van der Waals surface area contributed by atoms with E-state index < -0.39 is 0 Å². The van der Waals surface area contributed by atoms with Crippen LogP contribution in [-0.4, -0.2) is 13.9 Å². The molecule has 1 aliphatic carbocycles. The summed E-state index contributed by atoms with van der Waals surface area (Å²) in [6.45, 7) is 0. The van der Waals surface area contributed by atoms with E-state index in [0.29, 0.717) is 6.04 Å². The van der Waals surface area contributed by atoms with Gasteiger partial charge in [-0.25, -0.2) is 0 Å². The molecule has 11 heavy (non-hydrogen) atoms. The molecule has 0 saturated heterocycles. The molecule has 2 heteroatoms. The zero-order valence-electron chi connectivity index (χ0n) is 7.26. The third kappa shape index (κ3) is 2.86. The molecular formula is C9H18BN. The lowest BCUT2D eigenvalue weighted by molar-refractivity contribution is 0.290. The van der Waals surface area contributed by atoms with Crippen LogP contribution in [0.5, 0.6) is 0 Å². The quantitative estimate of drug-likeness (QED) is 0.612. The summed E-state index contributed by atoms with van der Waals surface area (Å²) < 4.78 is 0. The van der Waals surface area contributed by atoms with Gasteiger partial charge in [-0.15, -0.1) is 0 Å². The minimum absolute atomic E-state index is 0.468. The van der Waals surface area contributed by atoms with E-state index >= 15 is 0 Å². The second-order valence-electron chi connectivity index (χ2n) is 3.64. The number of hydrogen-bond donors (Lipinski definition) is 1. The second kappa shape index (κ2) is 4.81. The van der Waals surface area contributed by atoms with Gasteiger partial charge in [-0.05, 0) is 25.2 Å². The Morgan fingerprint density at radius 2 is 2.00 bits per heavy atom. The van der Waals surface area contributed by atoms with Gasteiger partial charge in [-0.2, -0.15) is 0 Å². The first-order chi connectivity index (χ1) is 5.34. The van der Waals surface area contributed by atoms with Crippen LogP contribution in [0.2, 0.25) is 6.32 Å². The average Bonchev–Trinajstić information content (AvgIpc) is 2.03. The zero-order chi connectivity index (χ0) is 8.10. The number of hydrogen-bond acceptors (Lipinski definition) is 1. The molecule has 1 nitrogen and oxygen atoms in total. The fourth-order valence-electron chi connectivity index (χ4n) is 1.97. The second-order valence-corrected chi connectivity index (χ2v) is 3.64. The Morgan fingerprint density at radius 1 is 1.27 bits per heavy atom. The Hall–Kier alpha value is 0.0249. The maximum atomic E-state index is 5.98. The molecule has 1 fully saturated rings. The third-order valence-electron chi connectivity index (χ3n) is 2.75. The molecule has 0 aromatic heterocycles. The van der Waals surface area contributed by atoms with Crippen LogP contribution in [0, 0.1) is 5.92 Å². The summed E-state index contributed by atoms with van der Waals surface area (Å²) in [5, 5.41) is 0. The molecule has 2 atom stereocenters. The molecule has 1 saturated carbocycles. The molecule has 0 bridgehead atoms. The van der Waals surface area contributed by atoms with E-state index in [1.165, 1.54) is 32.1 Å². The first-order valence-corrected chi connectivity index (χ1v) is 4.80. The molecule has 2 unspecified atom stereocenters. The van der Waals surface area contributed by atoms with Crippen molar-refractivity contribution < 1.29 is 0 Å². The molecule has 0 amide bonds. The van der Waals surface area contributed by atoms with Gasteiger partial charge in [0.2, 0.25) is 0 Å². The summed E-state index contributed by atoms with van der Waals surface area (Å²) in [5.41, 5.74) is 5.98. The Balaban J connectivity index is 2.18. The molecule has 1 rings (SSSR count). The molecule has 0 aromatic rings. The number of nitrogens with two attached hydrogens (primary N) is 1. The van der Waals surface area contributed by atoms with Gasteiger partial charge in [-0.3, -0.25) is 0 Å². The summed E-state index contributed by atoms with van der Waals surface area (Å²) in [5.74, 6) is 0.771. The molecule has 2 radical (unpaired) electrons. The van der Waals surface area contributed by atoms with Crippen molar-refractivity contribution in [3.8, 4) is 0 Å². The summed E-state index contributed by atoms with van der Waals surface area (Å²) >= 11 is 0. The van der Waals surface area contributed by atoms with E-state index in [9.17, 15) is 0 Å². The smallest absolute Gasteiger partial charge is 0.0653 e. The first-order valence-electron chi connectivity index (χ1n) is 4.80. The Morgan fingerprint density at radius 3 is 2.64 bits per heavy atom. The van der Waals surface area contributed by atoms with Crippen LogP contribution in [0.4, 0.5) is 0 Å². The molecule has 0 aromatic carbocycles. The highest BCUT2D eigenvalue weighted by atomic mass is 14.7. The highest BCUT2D eigenvalue weighted by Crippen LogP contribution is 2.26. The molecule has 0 aliphatic heterocycles. The molecule has 62 valence electrons. The summed E-state index contributed by atoms with van der Waals surface area (Å²) in [7, 11) is 5.45. The summed E-state index contributed by atoms with van der Waals surface area (Å²) in [6.07, 6.45) is 8.50. The molecule has 2 N–H and O–H groups in total. The van der Waals surface area contributed by atoms with Crippen molar-refractivity contribution in [1.82, 2.24) is 0 Å². The first kappa shape index (κ1) is 9.12. The third-order valence-corrected chi connectivity index (χ3v) is 2.75. The predicted molar refractivity (Wildman–Crippen MR) is 49.7 cm³/mol. The van der Waals surface area contributed by atoms with E-state index in [-0.39, 0.29) is 0 Å². The monoisotopic (exact) mass is 151 g/mol. The molecule has 1 aliphatic rings. The van der Waals surface area contributed by atoms with Gasteiger partial charge in [0, 0.05) is 6.04 Å². The fourth-order valence-corrected chi connectivity index (χ4v) is 1.97. The lowest BCUT2D eigenvalue weighted by Crippen LogP contribution is -2.32. The van der Waals surface area contributed by atoms with Crippen LogP contribution in [0.15, 0.2) is 0 Å². The van der Waals surface area contributed by atoms with Gasteiger partial charge >= 0.3 is 0 Å². The predicted octanol–water partition coefficient (Wildman–Crippen LogP) is 1.87. The van der Waals surface area contributed by atoms with Gasteiger partial charge in [-0.1, -0.05) is 25.6 Å². The highest BCUT2D eigenvalue weighted by molar-refractivity contribution is 6.08. The molecule has 0 spiro atoms. The van der Waals surface area contributed by atoms with Crippen molar-refractivity contribution in [2.45, 2.75) is 50.9 Å². The van der Waals surface area contributed by atoms with E-state index in [4.69, 9.17) is 13.6 Å². The van der Waals surface area contributed by atoms with Gasteiger partial charge in [0.15, 0.2) is 0 Å². The minimum Gasteiger partial charge on any atom is -0.327 e. The van der Waals surface area contributed by atoms with Crippen LogP contribution >= 0.6 is 0 Å². The van der Waals surface area contributed by atoms with Crippen molar-refractivity contribution in [3.63, 3.8) is 0 Å². The zero-order valence-corrected chi connectivity index (χ0v) is 7.26. The van der Waals surface area contributed by atoms with Crippen molar-refractivity contribution >= 4 is 7.85 Å². The van der Waals surface area contributed by atoms with Crippen LogP contribution in [-0.2, 0) is 0 Å². The van der Waals surface area contributed by atoms with Crippen molar-refractivity contribution in [3.05, 3.63) is 0 Å². The van der Waals surface area contributed by atoms with Gasteiger partial charge < -0.3 is 5.73 Å². The van der Waals surface area contributed by atoms with Gasteiger partial charge in [0.1, 0.15) is 0 Å². The SMILES string of the molecule is [B]CCCC1CCCCC1N. The summed E-state index contributed by atoms with van der Waals surface area (Å²) in [6, 6.07) is 0.468. The van der Waals surface area contributed by atoms with Crippen molar-refractivity contribution in [1.29, 1.82) is 0 Å². The maximum Gasteiger partial charge on any atom is 0.0653 e. The lowest BCUT2D eigenvalue weighted by Gasteiger charge is -2.28. The van der Waals surface area contributed by atoms with Crippen LogP contribution in [0.25, 0.3) is 0 Å². The average molecular weight is 151 g/mol. The van der Waals surface area contributed by atoms with Crippen LogP contribution in [0.3, 0.4) is 0 Å². The van der Waals surface area contributed by atoms with E-state index in [1.54, 1.807) is 0 Å². The Bertz CT molecular complexity index is 106. The van der Waals surface area contributed by atoms with E-state index in [2.05, 4.69) is 0 Å². The Labute approximate surface area is 71.1 Å². The van der Waals surface area contributed by atoms with Gasteiger partial charge in [0.25, 0.3) is 0 Å². The standard InChI is InChI=1S/C9H18BN/c10-7-3-5-8-4-1-2-6-9(8)11/h8-9H,1-7,11H2. The van der Waals surface area contributed by atoms with Crippen LogP contribution in [0.1, 0.15) is 38.5 Å². The largest absolute Gasteiger partial charge is 0.327 e. The fraction of sp³-hybridized carbons (Fsp3) is 1.00. The normalized spacial score (nSPS) is 32.1. The summed E-state index contributed by atoms with van der Waals surface area (Å²) in [4.78, 5) is 0. The van der Waals surface area contributed by atoms with E-state index in [0.717, 1.165) is 18.7 Å². The van der Waals surface area contributed by atoms with Gasteiger partial charge in [0.05, 0.1) is 7.85 Å². The van der Waals surface area contributed by atoms with Crippen molar-refractivity contribution in [2.75, 3.05) is 0 Å². The topological polar surface area (TPSA) is 26.0 Å². The van der Waals surface area contributed by atoms with E-state index in [1.807, 2.05) is 0 Å².